The number of rotatable bonds is 4. The molecule has 2 aromatic carbocycles. The predicted octanol–water partition coefficient (Wildman–Crippen LogP) is 4.29. The van der Waals surface area contributed by atoms with Crippen molar-refractivity contribution in [2.45, 2.75) is 13.5 Å². The molecule has 0 fully saturated rings. The van der Waals surface area contributed by atoms with Crippen molar-refractivity contribution >= 4 is 17.0 Å². The number of thiazole rings is 1. The summed E-state index contributed by atoms with van der Waals surface area (Å²) in [5.74, 6) is 0.518. The number of aromatic nitrogens is 1. The minimum atomic E-state index is -0.317. The quantitative estimate of drug-likeness (QED) is 0.702. The second-order valence-corrected chi connectivity index (χ2v) is 5.96. The van der Waals surface area contributed by atoms with Gasteiger partial charge in [-0.1, -0.05) is 30.3 Å². The molecule has 0 aliphatic heterocycles. The molecule has 0 atom stereocenters. The van der Waals surface area contributed by atoms with Crippen LogP contribution in [0.1, 0.15) is 11.3 Å². The van der Waals surface area contributed by atoms with Crippen LogP contribution in [0.3, 0.4) is 0 Å². The fourth-order valence-electron chi connectivity index (χ4n) is 2.34. The van der Waals surface area contributed by atoms with E-state index in [9.17, 15) is 4.39 Å². The highest BCUT2D eigenvalue weighted by Crippen LogP contribution is 2.20. The topological polar surface area (TPSA) is 26.5 Å². The van der Waals surface area contributed by atoms with Gasteiger partial charge in [-0.3, -0.25) is 0 Å². The smallest absolute Gasteiger partial charge is 0.190 e. The molecular weight excluding hydrogens is 311 g/mol. The lowest BCUT2D eigenvalue weighted by Crippen LogP contribution is -2.17. The molecule has 0 saturated heterocycles. The highest BCUT2D eigenvalue weighted by Gasteiger charge is 2.07. The van der Waals surface area contributed by atoms with Gasteiger partial charge >= 0.3 is 0 Å². The molecule has 0 aliphatic carbocycles. The first-order valence-corrected chi connectivity index (χ1v) is 8.13. The Hall–Kier alpha value is -2.40. The number of halogens is 1. The summed E-state index contributed by atoms with van der Waals surface area (Å²) < 4.78 is 21.3. The summed E-state index contributed by atoms with van der Waals surface area (Å²) in [6.45, 7) is 2.65. The second-order valence-electron chi connectivity index (χ2n) is 5.12. The number of aryl methyl sites for hydroxylation is 1. The van der Waals surface area contributed by atoms with Gasteiger partial charge in [0.1, 0.15) is 17.3 Å². The lowest BCUT2D eigenvalue weighted by molar-refractivity contribution is 0.408. The zero-order chi connectivity index (χ0) is 16.2. The van der Waals surface area contributed by atoms with E-state index in [0.29, 0.717) is 12.2 Å². The van der Waals surface area contributed by atoms with E-state index in [2.05, 4.69) is 9.56 Å². The van der Waals surface area contributed by atoms with Crippen LogP contribution in [0.4, 0.5) is 10.1 Å². The summed E-state index contributed by atoms with van der Waals surface area (Å²) >= 11 is 1.50. The van der Waals surface area contributed by atoms with E-state index in [0.717, 1.165) is 21.8 Å². The van der Waals surface area contributed by atoms with Gasteiger partial charge in [0.2, 0.25) is 0 Å². The van der Waals surface area contributed by atoms with Gasteiger partial charge in [-0.2, -0.15) is 0 Å². The summed E-state index contributed by atoms with van der Waals surface area (Å²) in [5, 5.41) is 2.02. The van der Waals surface area contributed by atoms with Crippen LogP contribution in [0.15, 0.2) is 58.9 Å². The summed E-state index contributed by atoms with van der Waals surface area (Å²) in [4.78, 5) is 5.24. The first-order valence-electron chi connectivity index (χ1n) is 7.25. The Labute approximate surface area is 138 Å². The minimum Gasteiger partial charge on any atom is -0.496 e. The minimum absolute atomic E-state index is 0.317. The molecule has 0 aliphatic rings. The standard InChI is InChI=1S/C18H17FN2OS/c1-13-12-23-18(20-16-9-5-4-8-15(16)19)21(13)11-14-7-3-6-10-17(14)22-2/h3-10,12H,11H2,1-2H3. The second kappa shape index (κ2) is 6.79. The Morgan fingerprint density at radius 1 is 1.13 bits per heavy atom. The molecule has 0 saturated carbocycles. The zero-order valence-corrected chi connectivity index (χ0v) is 13.8. The van der Waals surface area contributed by atoms with E-state index in [-0.39, 0.29) is 5.82 Å². The molecule has 0 radical (unpaired) electrons. The molecule has 5 heteroatoms. The van der Waals surface area contributed by atoms with Crippen LogP contribution in [0.2, 0.25) is 0 Å². The predicted molar refractivity (Wildman–Crippen MR) is 90.8 cm³/mol. The summed E-state index contributed by atoms with van der Waals surface area (Å²) in [6.07, 6.45) is 0. The Morgan fingerprint density at radius 2 is 1.87 bits per heavy atom. The third-order valence-corrected chi connectivity index (χ3v) is 4.56. The van der Waals surface area contributed by atoms with Gasteiger partial charge in [0.15, 0.2) is 4.80 Å². The molecule has 0 spiro atoms. The van der Waals surface area contributed by atoms with Gasteiger partial charge in [-0.25, -0.2) is 9.38 Å². The van der Waals surface area contributed by atoms with E-state index in [1.165, 1.54) is 17.4 Å². The molecule has 0 unspecified atom stereocenters. The van der Waals surface area contributed by atoms with Crippen molar-refractivity contribution in [1.29, 1.82) is 0 Å². The molecule has 0 amide bonds. The Kier molecular flexibility index (Phi) is 4.57. The van der Waals surface area contributed by atoms with Crippen LogP contribution in [-0.4, -0.2) is 11.7 Å². The fraction of sp³-hybridized carbons (Fsp3) is 0.167. The van der Waals surface area contributed by atoms with Crippen molar-refractivity contribution in [2.24, 2.45) is 4.99 Å². The van der Waals surface area contributed by atoms with Crippen LogP contribution in [0, 0.1) is 12.7 Å². The van der Waals surface area contributed by atoms with Gasteiger partial charge < -0.3 is 9.30 Å². The van der Waals surface area contributed by atoms with Crippen LogP contribution >= 0.6 is 11.3 Å². The SMILES string of the molecule is COc1ccccc1Cn1c(C)csc1=Nc1ccccc1F. The lowest BCUT2D eigenvalue weighted by Gasteiger charge is -2.10. The van der Waals surface area contributed by atoms with Gasteiger partial charge in [-0.15, -0.1) is 11.3 Å². The maximum absolute atomic E-state index is 13.8. The zero-order valence-electron chi connectivity index (χ0n) is 13.0. The van der Waals surface area contributed by atoms with E-state index in [4.69, 9.17) is 4.74 Å². The Balaban J connectivity index is 2.05. The van der Waals surface area contributed by atoms with Gasteiger partial charge in [-0.05, 0) is 25.1 Å². The van der Waals surface area contributed by atoms with E-state index >= 15 is 0 Å². The highest BCUT2D eigenvalue weighted by atomic mass is 32.1. The normalized spacial score (nSPS) is 11.7. The molecule has 1 heterocycles. The number of methoxy groups -OCH3 is 1. The van der Waals surface area contributed by atoms with E-state index in [1.54, 1.807) is 25.3 Å². The molecule has 118 valence electrons. The van der Waals surface area contributed by atoms with Gasteiger partial charge in [0.25, 0.3) is 0 Å². The van der Waals surface area contributed by atoms with Crippen molar-refractivity contribution < 1.29 is 9.13 Å². The Morgan fingerprint density at radius 3 is 2.65 bits per heavy atom. The third kappa shape index (κ3) is 3.35. The van der Waals surface area contributed by atoms with Gasteiger partial charge in [0, 0.05) is 16.6 Å². The molecule has 3 rings (SSSR count). The summed E-state index contributed by atoms with van der Waals surface area (Å²) in [7, 11) is 1.66. The first kappa shape index (κ1) is 15.5. The number of benzene rings is 2. The molecule has 3 nitrogen and oxygen atoms in total. The fourth-order valence-corrected chi connectivity index (χ4v) is 3.23. The lowest BCUT2D eigenvalue weighted by atomic mass is 10.2. The molecular formula is C18H17FN2OS. The molecule has 0 bridgehead atoms. The molecule has 3 aromatic rings. The van der Waals surface area contributed by atoms with Crippen LogP contribution < -0.4 is 9.54 Å². The number of ether oxygens (including phenoxy) is 1. The largest absolute Gasteiger partial charge is 0.496 e. The average molecular weight is 328 g/mol. The average Bonchev–Trinajstić information content (AvgIpc) is 2.91. The first-order chi connectivity index (χ1) is 11.2. The summed E-state index contributed by atoms with van der Waals surface area (Å²) in [6, 6.07) is 14.4. The number of hydrogen-bond acceptors (Lipinski definition) is 3. The number of para-hydroxylation sites is 2. The molecule has 1 aromatic heterocycles. The number of hydrogen-bond donors (Lipinski definition) is 0. The van der Waals surface area contributed by atoms with Crippen LogP contribution in [-0.2, 0) is 6.54 Å². The van der Waals surface area contributed by atoms with Crippen LogP contribution in [0.25, 0.3) is 0 Å². The van der Waals surface area contributed by atoms with Crippen molar-refractivity contribution in [1.82, 2.24) is 4.57 Å². The third-order valence-electron chi connectivity index (χ3n) is 3.58. The van der Waals surface area contributed by atoms with Crippen molar-refractivity contribution in [2.75, 3.05) is 7.11 Å². The molecule has 0 N–H and O–H groups in total. The van der Waals surface area contributed by atoms with Crippen molar-refractivity contribution in [3.8, 4) is 5.75 Å². The highest BCUT2D eigenvalue weighted by molar-refractivity contribution is 7.07. The maximum Gasteiger partial charge on any atom is 0.190 e. The van der Waals surface area contributed by atoms with Crippen molar-refractivity contribution in [3.05, 3.63) is 75.8 Å². The van der Waals surface area contributed by atoms with Gasteiger partial charge in [0.05, 0.1) is 13.7 Å². The summed E-state index contributed by atoms with van der Waals surface area (Å²) in [5.41, 5.74) is 2.49. The number of nitrogens with zero attached hydrogens (tertiary/aromatic N) is 2. The maximum atomic E-state index is 13.8. The van der Waals surface area contributed by atoms with E-state index < -0.39 is 0 Å². The van der Waals surface area contributed by atoms with Crippen LogP contribution in [0.5, 0.6) is 5.75 Å². The van der Waals surface area contributed by atoms with Crippen molar-refractivity contribution in [3.63, 3.8) is 0 Å². The Bertz CT molecular complexity index is 882. The van der Waals surface area contributed by atoms with E-state index in [1.807, 2.05) is 36.6 Å². The monoisotopic (exact) mass is 328 g/mol. The molecule has 23 heavy (non-hydrogen) atoms.